The van der Waals surface area contributed by atoms with Crippen molar-refractivity contribution in [2.45, 2.75) is 26.7 Å². The summed E-state index contributed by atoms with van der Waals surface area (Å²) in [4.78, 5) is 20.8. The van der Waals surface area contributed by atoms with Crippen molar-refractivity contribution in [3.63, 3.8) is 0 Å². The van der Waals surface area contributed by atoms with Crippen molar-refractivity contribution >= 4 is 26.7 Å². The van der Waals surface area contributed by atoms with Crippen LogP contribution in [-0.4, -0.2) is 61.1 Å². The van der Waals surface area contributed by atoms with Crippen LogP contribution in [0.5, 0.6) is 0 Å². The van der Waals surface area contributed by atoms with E-state index in [4.69, 9.17) is 0 Å². The lowest BCUT2D eigenvalue weighted by molar-refractivity contribution is 0.0764. The van der Waals surface area contributed by atoms with Gasteiger partial charge in [0.2, 0.25) is 0 Å². The second-order valence-corrected chi connectivity index (χ2v) is 9.30. The third-order valence-electron chi connectivity index (χ3n) is 5.77. The summed E-state index contributed by atoms with van der Waals surface area (Å²) in [7, 11) is -3.75. The van der Waals surface area contributed by atoms with Gasteiger partial charge in [-0.3, -0.25) is 9.78 Å². The van der Waals surface area contributed by atoms with Crippen molar-refractivity contribution in [3.8, 4) is 0 Å². The van der Waals surface area contributed by atoms with E-state index in [9.17, 15) is 13.2 Å². The third-order valence-corrected chi connectivity index (χ3v) is 7.25. The molecule has 2 aliphatic rings. The first-order valence-corrected chi connectivity index (χ1v) is 11.9. The molecule has 2 aliphatic heterocycles. The molecule has 1 aromatic carbocycles. The van der Waals surface area contributed by atoms with Gasteiger partial charge in [-0.1, -0.05) is 31.2 Å². The third kappa shape index (κ3) is 4.25. The summed E-state index contributed by atoms with van der Waals surface area (Å²) < 4.78 is 29.9. The van der Waals surface area contributed by atoms with Gasteiger partial charge in [0.1, 0.15) is 10.7 Å². The van der Waals surface area contributed by atoms with Crippen LogP contribution in [0.25, 0.3) is 4.91 Å². The topological polar surface area (TPSA) is 82.9 Å². The minimum atomic E-state index is -3.75. The Hall–Kier alpha value is -3.00. The van der Waals surface area contributed by atoms with E-state index in [1.54, 1.807) is 24.5 Å². The SMILES string of the molecule is CCc1ccc(C2=C(C)C(N3CCCN(C(=O)c4ccncc4)CC3)=NS2(=O)=O)cc1. The first-order valence-electron chi connectivity index (χ1n) is 10.5. The van der Waals surface area contributed by atoms with Gasteiger partial charge in [0.15, 0.2) is 0 Å². The van der Waals surface area contributed by atoms with E-state index in [1.807, 2.05) is 41.0 Å². The molecule has 0 atom stereocenters. The molecule has 2 aromatic rings. The molecule has 1 saturated heterocycles. The average Bonchev–Trinajstić information content (AvgIpc) is 2.93. The highest BCUT2D eigenvalue weighted by molar-refractivity contribution is 8.00. The van der Waals surface area contributed by atoms with Crippen LogP contribution >= 0.6 is 0 Å². The molecule has 1 fully saturated rings. The molecular formula is C23H26N4O3S. The molecule has 1 amide bonds. The second-order valence-electron chi connectivity index (χ2n) is 7.76. The van der Waals surface area contributed by atoms with Crippen LogP contribution in [0.3, 0.4) is 0 Å². The number of amidine groups is 1. The minimum absolute atomic E-state index is 0.0331. The number of hydrogen-bond acceptors (Lipinski definition) is 5. The molecule has 0 N–H and O–H groups in total. The highest BCUT2D eigenvalue weighted by Crippen LogP contribution is 2.34. The van der Waals surface area contributed by atoms with Crippen molar-refractivity contribution in [3.05, 3.63) is 71.1 Å². The number of rotatable bonds is 3. The quantitative estimate of drug-likeness (QED) is 0.736. The summed E-state index contributed by atoms with van der Waals surface area (Å²) >= 11 is 0. The zero-order chi connectivity index (χ0) is 22.0. The van der Waals surface area contributed by atoms with E-state index < -0.39 is 10.0 Å². The molecule has 31 heavy (non-hydrogen) atoms. The number of benzene rings is 1. The number of sulfonamides is 1. The summed E-state index contributed by atoms with van der Waals surface area (Å²) in [5, 5.41) is 0. The number of hydrogen-bond donors (Lipinski definition) is 0. The largest absolute Gasteiger partial charge is 0.354 e. The summed E-state index contributed by atoms with van der Waals surface area (Å²) in [5.74, 6) is 0.460. The summed E-state index contributed by atoms with van der Waals surface area (Å²) in [6, 6.07) is 11.0. The van der Waals surface area contributed by atoms with Crippen LogP contribution < -0.4 is 0 Å². The summed E-state index contributed by atoms with van der Waals surface area (Å²) in [6.07, 6.45) is 4.86. The fourth-order valence-electron chi connectivity index (χ4n) is 4.08. The standard InChI is InChI=1S/C23H26N4O3S/c1-3-18-5-7-19(8-6-18)21-17(2)22(25-31(21,29)30)26-13-4-14-27(16-15-26)23(28)20-9-11-24-12-10-20/h5-12H,3-4,13-16H2,1-2H3. The molecule has 3 heterocycles. The Bertz CT molecular complexity index is 1140. The van der Waals surface area contributed by atoms with Crippen molar-refractivity contribution in [2.75, 3.05) is 26.2 Å². The Morgan fingerprint density at radius 1 is 1.00 bits per heavy atom. The zero-order valence-corrected chi connectivity index (χ0v) is 18.6. The summed E-state index contributed by atoms with van der Waals surface area (Å²) in [5.41, 5.74) is 3.10. The Morgan fingerprint density at radius 3 is 2.39 bits per heavy atom. The van der Waals surface area contributed by atoms with E-state index in [-0.39, 0.29) is 10.8 Å². The lowest BCUT2D eigenvalue weighted by Gasteiger charge is -2.23. The van der Waals surface area contributed by atoms with Gasteiger partial charge in [-0.2, -0.15) is 8.42 Å². The molecule has 0 bridgehead atoms. The van der Waals surface area contributed by atoms with Gasteiger partial charge in [-0.15, -0.1) is 4.40 Å². The Labute approximate surface area is 183 Å². The molecule has 1 aromatic heterocycles. The number of aryl methyl sites for hydroxylation is 1. The first-order chi connectivity index (χ1) is 14.9. The molecule has 0 aliphatic carbocycles. The molecule has 0 saturated carbocycles. The fourth-order valence-corrected chi connectivity index (χ4v) is 5.57. The van der Waals surface area contributed by atoms with E-state index in [2.05, 4.69) is 16.3 Å². The Balaban J connectivity index is 1.55. The van der Waals surface area contributed by atoms with Crippen molar-refractivity contribution in [1.82, 2.24) is 14.8 Å². The predicted octanol–water partition coefficient (Wildman–Crippen LogP) is 2.97. The van der Waals surface area contributed by atoms with Crippen LogP contribution in [0.2, 0.25) is 0 Å². The molecule has 0 radical (unpaired) electrons. The van der Waals surface area contributed by atoms with Gasteiger partial charge in [0.05, 0.1) is 0 Å². The predicted molar refractivity (Wildman–Crippen MR) is 121 cm³/mol. The number of carbonyl (C=O) groups is 1. The maximum Gasteiger partial charge on any atom is 0.285 e. The monoisotopic (exact) mass is 438 g/mol. The van der Waals surface area contributed by atoms with Gasteiger partial charge < -0.3 is 9.80 Å². The lowest BCUT2D eigenvalue weighted by Crippen LogP contribution is -2.37. The summed E-state index contributed by atoms with van der Waals surface area (Å²) in [6.45, 7) is 6.19. The Kier molecular flexibility index (Phi) is 5.91. The van der Waals surface area contributed by atoms with E-state index in [0.29, 0.717) is 48.7 Å². The molecule has 0 unspecified atom stereocenters. The molecule has 4 rings (SSSR count). The number of aromatic nitrogens is 1. The number of nitrogens with zero attached hydrogens (tertiary/aromatic N) is 4. The number of amides is 1. The highest BCUT2D eigenvalue weighted by atomic mass is 32.2. The van der Waals surface area contributed by atoms with Gasteiger partial charge >= 0.3 is 0 Å². The zero-order valence-electron chi connectivity index (χ0n) is 17.8. The van der Waals surface area contributed by atoms with E-state index in [0.717, 1.165) is 18.4 Å². The lowest BCUT2D eigenvalue weighted by atomic mass is 10.1. The minimum Gasteiger partial charge on any atom is -0.354 e. The van der Waals surface area contributed by atoms with Gasteiger partial charge in [0.25, 0.3) is 15.9 Å². The van der Waals surface area contributed by atoms with Crippen LogP contribution in [0, 0.1) is 0 Å². The first kappa shape index (κ1) is 21.2. The van der Waals surface area contributed by atoms with Gasteiger partial charge in [-0.05, 0) is 43.0 Å². The van der Waals surface area contributed by atoms with Crippen molar-refractivity contribution in [1.29, 1.82) is 0 Å². The van der Waals surface area contributed by atoms with Crippen LogP contribution in [0.1, 0.15) is 41.8 Å². The molecule has 7 nitrogen and oxygen atoms in total. The average molecular weight is 439 g/mol. The van der Waals surface area contributed by atoms with Crippen LogP contribution in [0.15, 0.2) is 58.8 Å². The van der Waals surface area contributed by atoms with Crippen LogP contribution in [0.4, 0.5) is 0 Å². The Morgan fingerprint density at radius 2 is 1.71 bits per heavy atom. The van der Waals surface area contributed by atoms with E-state index >= 15 is 0 Å². The normalized spacial score (nSPS) is 18.7. The number of pyridine rings is 1. The number of carbonyl (C=O) groups excluding carboxylic acids is 1. The maximum atomic E-state index is 12.9. The second kappa shape index (κ2) is 8.63. The van der Waals surface area contributed by atoms with Gasteiger partial charge in [-0.25, -0.2) is 0 Å². The van der Waals surface area contributed by atoms with Gasteiger partial charge in [0, 0.05) is 49.7 Å². The molecule has 8 heteroatoms. The fraction of sp³-hybridized carbons (Fsp3) is 0.348. The van der Waals surface area contributed by atoms with Crippen molar-refractivity contribution in [2.24, 2.45) is 4.40 Å². The van der Waals surface area contributed by atoms with Crippen molar-refractivity contribution < 1.29 is 13.2 Å². The molecule has 0 spiro atoms. The molecular weight excluding hydrogens is 412 g/mol. The van der Waals surface area contributed by atoms with Crippen LogP contribution in [-0.2, 0) is 16.4 Å². The highest BCUT2D eigenvalue weighted by Gasteiger charge is 2.34. The molecule has 162 valence electrons. The smallest absolute Gasteiger partial charge is 0.285 e. The van der Waals surface area contributed by atoms with E-state index in [1.165, 1.54) is 0 Å². The maximum absolute atomic E-state index is 12.9.